The Kier molecular flexibility index (Phi) is 3.40. The number of thioether (sulfide) groups is 1. The van der Waals surface area contributed by atoms with Crippen molar-refractivity contribution in [1.29, 1.82) is 0 Å². The van der Waals surface area contributed by atoms with Crippen molar-refractivity contribution in [1.82, 2.24) is 20.2 Å². The zero-order valence-electron chi connectivity index (χ0n) is 9.21. The van der Waals surface area contributed by atoms with E-state index in [0.717, 1.165) is 5.88 Å². The molecule has 0 radical (unpaired) electrons. The molecule has 0 amide bonds. The Balaban J connectivity index is 1.84. The molecule has 1 heterocycles. The third-order valence-corrected chi connectivity index (χ3v) is 3.00. The minimum Gasteiger partial charge on any atom is -0.344 e. The van der Waals surface area contributed by atoms with Crippen molar-refractivity contribution in [3.8, 4) is 0 Å². The zero-order chi connectivity index (χ0) is 11.4. The van der Waals surface area contributed by atoms with Gasteiger partial charge >= 0.3 is 0 Å². The maximum absolute atomic E-state index is 3.84. The van der Waals surface area contributed by atoms with Crippen LogP contribution in [0.15, 0.2) is 29.2 Å². The van der Waals surface area contributed by atoms with E-state index in [1.54, 1.807) is 23.5 Å². The fourth-order valence-electron chi connectivity index (χ4n) is 1.20. The second-order valence-corrected chi connectivity index (χ2v) is 4.45. The van der Waals surface area contributed by atoms with E-state index in [1.165, 1.54) is 10.5 Å². The van der Waals surface area contributed by atoms with Crippen LogP contribution in [0, 0.1) is 6.92 Å². The molecule has 0 saturated heterocycles. The number of hydrogen-bond acceptors (Lipinski definition) is 5. The number of tetrazole rings is 1. The summed E-state index contributed by atoms with van der Waals surface area (Å²) in [5.74, 6) is 1.43. The normalized spacial score (nSPS) is 10.4. The minimum atomic E-state index is 0.680. The summed E-state index contributed by atoms with van der Waals surface area (Å²) in [6.45, 7) is 2.08. The van der Waals surface area contributed by atoms with Crippen LogP contribution in [0.5, 0.6) is 0 Å². The van der Waals surface area contributed by atoms with Gasteiger partial charge in [-0.2, -0.15) is 0 Å². The number of benzene rings is 1. The van der Waals surface area contributed by atoms with Gasteiger partial charge < -0.3 is 5.32 Å². The van der Waals surface area contributed by atoms with E-state index in [9.17, 15) is 0 Å². The first-order valence-corrected chi connectivity index (χ1v) is 5.90. The van der Waals surface area contributed by atoms with Crippen molar-refractivity contribution in [2.75, 3.05) is 11.2 Å². The van der Waals surface area contributed by atoms with Gasteiger partial charge in [0, 0.05) is 11.9 Å². The quantitative estimate of drug-likeness (QED) is 0.645. The summed E-state index contributed by atoms with van der Waals surface area (Å²) in [5.41, 5.74) is 1.27. The van der Waals surface area contributed by atoms with Crippen molar-refractivity contribution < 1.29 is 0 Å². The van der Waals surface area contributed by atoms with Crippen molar-refractivity contribution in [3.05, 3.63) is 29.8 Å². The molecule has 1 aromatic heterocycles. The third kappa shape index (κ3) is 2.73. The molecule has 0 bridgehead atoms. The van der Waals surface area contributed by atoms with Gasteiger partial charge in [0.2, 0.25) is 5.95 Å². The fraction of sp³-hybridized carbons (Fsp3) is 0.300. The standard InChI is InChI=1S/C10H13N5S/c1-8-3-5-9(6-4-8)16-7-11-10-12-13-14-15(10)2/h3-6H,7H2,1-2H3,(H,11,12,14). The van der Waals surface area contributed by atoms with Crippen LogP contribution in [0.25, 0.3) is 0 Å². The first-order valence-electron chi connectivity index (χ1n) is 4.91. The van der Waals surface area contributed by atoms with Crippen LogP contribution in [-0.2, 0) is 7.05 Å². The van der Waals surface area contributed by atoms with Crippen molar-refractivity contribution >= 4 is 17.7 Å². The van der Waals surface area contributed by atoms with Gasteiger partial charge in [-0.1, -0.05) is 22.8 Å². The summed E-state index contributed by atoms with van der Waals surface area (Å²) in [4.78, 5) is 1.23. The van der Waals surface area contributed by atoms with Gasteiger partial charge in [0.15, 0.2) is 0 Å². The van der Waals surface area contributed by atoms with Crippen molar-refractivity contribution in [2.45, 2.75) is 11.8 Å². The molecule has 0 aliphatic carbocycles. The Morgan fingerprint density at radius 1 is 1.31 bits per heavy atom. The highest BCUT2D eigenvalue weighted by atomic mass is 32.2. The lowest BCUT2D eigenvalue weighted by molar-refractivity contribution is 0.714. The molecule has 1 aromatic carbocycles. The first kappa shape index (κ1) is 10.9. The number of nitrogens with one attached hydrogen (secondary N) is 1. The van der Waals surface area contributed by atoms with Crippen LogP contribution in [-0.4, -0.2) is 26.1 Å². The monoisotopic (exact) mass is 235 g/mol. The van der Waals surface area contributed by atoms with E-state index in [0.29, 0.717) is 5.95 Å². The van der Waals surface area contributed by atoms with Gasteiger partial charge in [-0.25, -0.2) is 4.68 Å². The van der Waals surface area contributed by atoms with Crippen LogP contribution in [0.2, 0.25) is 0 Å². The molecule has 1 N–H and O–H groups in total. The number of aryl methyl sites for hydroxylation is 2. The number of anilines is 1. The molecule has 0 saturated carbocycles. The Morgan fingerprint density at radius 3 is 2.69 bits per heavy atom. The minimum absolute atomic E-state index is 0.680. The Morgan fingerprint density at radius 2 is 2.06 bits per heavy atom. The van der Waals surface area contributed by atoms with Gasteiger partial charge in [-0.15, -0.1) is 11.8 Å². The van der Waals surface area contributed by atoms with Gasteiger partial charge in [0.05, 0.1) is 5.88 Å². The Labute approximate surface area is 98.2 Å². The molecule has 0 aliphatic rings. The zero-order valence-corrected chi connectivity index (χ0v) is 10.0. The second kappa shape index (κ2) is 4.98. The van der Waals surface area contributed by atoms with Crippen LogP contribution in [0.4, 0.5) is 5.95 Å². The smallest absolute Gasteiger partial charge is 0.243 e. The SMILES string of the molecule is Cc1ccc(SCNc2nnnn2C)cc1. The maximum atomic E-state index is 3.84. The van der Waals surface area contributed by atoms with E-state index in [-0.39, 0.29) is 0 Å². The predicted molar refractivity (Wildman–Crippen MR) is 64.3 cm³/mol. The molecule has 0 unspecified atom stereocenters. The van der Waals surface area contributed by atoms with E-state index >= 15 is 0 Å². The maximum Gasteiger partial charge on any atom is 0.243 e. The molecule has 0 aliphatic heterocycles. The lowest BCUT2D eigenvalue weighted by Crippen LogP contribution is -2.04. The van der Waals surface area contributed by atoms with Gasteiger partial charge in [-0.3, -0.25) is 0 Å². The summed E-state index contributed by atoms with van der Waals surface area (Å²) in [6, 6.07) is 8.42. The largest absolute Gasteiger partial charge is 0.344 e. The van der Waals surface area contributed by atoms with Crippen molar-refractivity contribution in [3.63, 3.8) is 0 Å². The summed E-state index contributed by atoms with van der Waals surface area (Å²) < 4.78 is 1.61. The van der Waals surface area contributed by atoms with Crippen LogP contribution in [0.3, 0.4) is 0 Å². The number of hydrogen-bond donors (Lipinski definition) is 1. The molecule has 0 spiro atoms. The van der Waals surface area contributed by atoms with Gasteiger partial charge in [0.25, 0.3) is 0 Å². The Hall–Kier alpha value is -1.56. The molecule has 0 fully saturated rings. The summed E-state index contributed by atoms with van der Waals surface area (Å²) in [7, 11) is 1.80. The molecule has 5 nitrogen and oxygen atoms in total. The lowest BCUT2D eigenvalue weighted by Gasteiger charge is -2.04. The summed E-state index contributed by atoms with van der Waals surface area (Å²) >= 11 is 1.72. The molecule has 16 heavy (non-hydrogen) atoms. The van der Waals surface area contributed by atoms with E-state index < -0.39 is 0 Å². The number of aromatic nitrogens is 4. The van der Waals surface area contributed by atoms with Gasteiger partial charge in [-0.05, 0) is 29.5 Å². The molecule has 6 heteroatoms. The summed E-state index contributed by atoms with van der Waals surface area (Å²) in [5, 5.41) is 14.3. The van der Waals surface area contributed by atoms with Crippen LogP contribution in [0.1, 0.15) is 5.56 Å². The summed E-state index contributed by atoms with van der Waals surface area (Å²) in [6.07, 6.45) is 0. The molecular weight excluding hydrogens is 222 g/mol. The number of rotatable bonds is 4. The lowest BCUT2D eigenvalue weighted by atomic mass is 10.2. The molecule has 2 rings (SSSR count). The highest BCUT2D eigenvalue weighted by molar-refractivity contribution is 7.99. The highest BCUT2D eigenvalue weighted by Crippen LogP contribution is 2.18. The topological polar surface area (TPSA) is 55.6 Å². The van der Waals surface area contributed by atoms with E-state index in [4.69, 9.17) is 0 Å². The average Bonchev–Trinajstić information content (AvgIpc) is 2.68. The molecule has 84 valence electrons. The molecular formula is C10H13N5S. The van der Waals surface area contributed by atoms with Crippen LogP contribution < -0.4 is 5.32 Å². The van der Waals surface area contributed by atoms with Crippen molar-refractivity contribution in [2.24, 2.45) is 7.05 Å². The fourth-order valence-corrected chi connectivity index (χ4v) is 1.89. The molecule has 2 aromatic rings. The second-order valence-electron chi connectivity index (χ2n) is 3.40. The third-order valence-electron chi connectivity index (χ3n) is 2.11. The molecule has 0 atom stereocenters. The van der Waals surface area contributed by atoms with E-state index in [1.807, 2.05) is 0 Å². The highest BCUT2D eigenvalue weighted by Gasteiger charge is 2.00. The van der Waals surface area contributed by atoms with E-state index in [2.05, 4.69) is 52.0 Å². The Bertz CT molecular complexity index is 450. The van der Waals surface area contributed by atoms with Gasteiger partial charge in [0.1, 0.15) is 0 Å². The first-order chi connectivity index (χ1) is 7.75. The number of nitrogens with zero attached hydrogens (tertiary/aromatic N) is 4. The average molecular weight is 235 g/mol. The predicted octanol–water partition coefficient (Wildman–Crippen LogP) is 1.68. The van der Waals surface area contributed by atoms with Crippen LogP contribution >= 0.6 is 11.8 Å².